The van der Waals surface area contributed by atoms with Crippen LogP contribution in [0.4, 0.5) is 0 Å². The van der Waals surface area contributed by atoms with Crippen LogP contribution < -0.4 is 0 Å². The van der Waals surface area contributed by atoms with Crippen LogP contribution in [0.5, 0.6) is 0 Å². The molecule has 6 heteroatoms. The SMILES string of the molecule is CC1(O)CCOC2(CCN(Cc3cccc4ncnn34)CC2)C1. The van der Waals surface area contributed by atoms with Gasteiger partial charge in [-0.25, -0.2) is 9.50 Å². The Morgan fingerprint density at radius 2 is 2.09 bits per heavy atom. The zero-order valence-electron chi connectivity index (χ0n) is 13.6. The summed E-state index contributed by atoms with van der Waals surface area (Å²) < 4.78 is 7.99. The quantitative estimate of drug-likeness (QED) is 0.912. The predicted octanol–water partition coefficient (Wildman–Crippen LogP) is 1.63. The maximum absolute atomic E-state index is 10.4. The second kappa shape index (κ2) is 5.54. The molecule has 0 radical (unpaired) electrons. The molecule has 1 spiro atoms. The summed E-state index contributed by atoms with van der Waals surface area (Å²) in [5, 5.41) is 14.7. The molecule has 23 heavy (non-hydrogen) atoms. The van der Waals surface area contributed by atoms with E-state index >= 15 is 0 Å². The zero-order valence-corrected chi connectivity index (χ0v) is 13.6. The fourth-order valence-corrected chi connectivity index (χ4v) is 4.01. The lowest BCUT2D eigenvalue weighted by Gasteiger charge is -2.48. The standard InChI is InChI=1S/C17H24N4O2/c1-16(22)7-10-23-17(12-16)5-8-20(9-6-17)11-14-3-2-4-15-18-13-19-21(14)15/h2-4,13,22H,5-12H2,1H3. The minimum atomic E-state index is -0.577. The van der Waals surface area contributed by atoms with E-state index < -0.39 is 5.60 Å². The zero-order chi connectivity index (χ0) is 15.9. The number of likely N-dealkylation sites (tertiary alicyclic amines) is 1. The van der Waals surface area contributed by atoms with Crippen LogP contribution in [0.2, 0.25) is 0 Å². The molecule has 0 saturated carbocycles. The topological polar surface area (TPSA) is 62.9 Å². The Labute approximate surface area is 136 Å². The monoisotopic (exact) mass is 316 g/mol. The molecule has 0 bridgehead atoms. The Kier molecular flexibility index (Phi) is 3.63. The van der Waals surface area contributed by atoms with Crippen LogP contribution in [0.25, 0.3) is 5.65 Å². The minimum Gasteiger partial charge on any atom is -0.390 e. The maximum Gasteiger partial charge on any atom is 0.155 e. The normalized spacial score (nSPS) is 28.4. The van der Waals surface area contributed by atoms with Gasteiger partial charge in [-0.3, -0.25) is 4.90 Å². The first kappa shape index (κ1) is 15.1. The van der Waals surface area contributed by atoms with Crippen LogP contribution in [0.3, 0.4) is 0 Å². The Hall–Kier alpha value is -1.50. The molecule has 2 fully saturated rings. The summed E-state index contributed by atoms with van der Waals surface area (Å²) in [4.78, 5) is 6.68. The highest BCUT2D eigenvalue weighted by Crippen LogP contribution is 2.39. The Morgan fingerprint density at radius 1 is 1.26 bits per heavy atom. The van der Waals surface area contributed by atoms with Crippen molar-refractivity contribution >= 4 is 5.65 Å². The molecule has 2 aromatic heterocycles. The molecule has 2 aromatic rings. The minimum absolute atomic E-state index is 0.127. The highest BCUT2D eigenvalue weighted by atomic mass is 16.5. The average Bonchev–Trinajstić information content (AvgIpc) is 2.98. The summed E-state index contributed by atoms with van der Waals surface area (Å²) in [6, 6.07) is 6.11. The summed E-state index contributed by atoms with van der Waals surface area (Å²) in [6.07, 6.45) is 5.06. The molecule has 6 nitrogen and oxygen atoms in total. The lowest BCUT2D eigenvalue weighted by Crippen LogP contribution is -2.53. The van der Waals surface area contributed by atoms with Crippen LogP contribution >= 0.6 is 0 Å². The van der Waals surface area contributed by atoms with Crippen molar-refractivity contribution in [2.45, 2.75) is 50.4 Å². The van der Waals surface area contributed by atoms with Crippen molar-refractivity contribution < 1.29 is 9.84 Å². The van der Waals surface area contributed by atoms with Crippen LogP contribution in [0.1, 0.15) is 38.3 Å². The molecule has 0 aromatic carbocycles. The van der Waals surface area contributed by atoms with Gasteiger partial charge in [0.1, 0.15) is 6.33 Å². The predicted molar refractivity (Wildman–Crippen MR) is 86.0 cm³/mol. The number of hydrogen-bond donors (Lipinski definition) is 1. The second-order valence-electron chi connectivity index (χ2n) is 7.28. The fraction of sp³-hybridized carbons (Fsp3) is 0.647. The molecule has 2 saturated heterocycles. The van der Waals surface area contributed by atoms with Crippen LogP contribution in [-0.2, 0) is 11.3 Å². The van der Waals surface area contributed by atoms with Gasteiger partial charge in [-0.2, -0.15) is 5.10 Å². The summed E-state index contributed by atoms with van der Waals surface area (Å²) in [7, 11) is 0. The van der Waals surface area contributed by atoms with Gasteiger partial charge in [0, 0.05) is 26.1 Å². The number of fused-ring (bicyclic) bond motifs is 1. The molecule has 0 aliphatic carbocycles. The van der Waals surface area contributed by atoms with Crippen LogP contribution in [0, 0.1) is 0 Å². The Bertz CT molecular complexity index is 689. The van der Waals surface area contributed by atoms with Gasteiger partial charge in [0.15, 0.2) is 5.65 Å². The number of rotatable bonds is 2. The van der Waals surface area contributed by atoms with E-state index in [4.69, 9.17) is 4.74 Å². The van der Waals surface area contributed by atoms with Gasteiger partial charge in [-0.15, -0.1) is 0 Å². The van der Waals surface area contributed by atoms with Crippen molar-refractivity contribution in [2.24, 2.45) is 0 Å². The molecule has 2 aliphatic rings. The summed E-state index contributed by atoms with van der Waals surface area (Å²) in [5.74, 6) is 0. The van der Waals surface area contributed by atoms with E-state index in [1.54, 1.807) is 6.33 Å². The van der Waals surface area contributed by atoms with Crippen LogP contribution in [-0.4, -0.2) is 55.5 Å². The third-order valence-corrected chi connectivity index (χ3v) is 5.28. The van der Waals surface area contributed by atoms with Gasteiger partial charge in [0.2, 0.25) is 0 Å². The smallest absolute Gasteiger partial charge is 0.155 e. The second-order valence-corrected chi connectivity index (χ2v) is 7.28. The number of pyridine rings is 1. The first-order valence-corrected chi connectivity index (χ1v) is 8.42. The molecule has 124 valence electrons. The maximum atomic E-state index is 10.4. The number of ether oxygens (including phenoxy) is 1. The molecule has 0 amide bonds. The average molecular weight is 316 g/mol. The van der Waals surface area contributed by atoms with Gasteiger partial charge < -0.3 is 9.84 Å². The van der Waals surface area contributed by atoms with E-state index in [2.05, 4.69) is 21.0 Å². The third-order valence-electron chi connectivity index (χ3n) is 5.28. The molecular weight excluding hydrogens is 292 g/mol. The highest BCUT2D eigenvalue weighted by molar-refractivity contribution is 5.37. The molecule has 4 heterocycles. The summed E-state index contributed by atoms with van der Waals surface area (Å²) >= 11 is 0. The number of hydrogen-bond acceptors (Lipinski definition) is 5. The van der Waals surface area contributed by atoms with E-state index in [0.29, 0.717) is 6.61 Å². The molecular formula is C17H24N4O2. The number of aliphatic hydroxyl groups is 1. The largest absolute Gasteiger partial charge is 0.390 e. The first-order valence-electron chi connectivity index (χ1n) is 8.42. The lowest BCUT2D eigenvalue weighted by atomic mass is 9.78. The Balaban J connectivity index is 1.43. The number of piperidine rings is 1. The van der Waals surface area contributed by atoms with E-state index in [0.717, 1.165) is 56.7 Å². The van der Waals surface area contributed by atoms with Crippen molar-refractivity contribution in [3.8, 4) is 0 Å². The summed E-state index contributed by atoms with van der Waals surface area (Å²) in [5.41, 5.74) is 1.35. The number of nitrogens with zero attached hydrogens (tertiary/aromatic N) is 4. The first-order chi connectivity index (χ1) is 11.1. The van der Waals surface area contributed by atoms with Crippen molar-refractivity contribution in [1.29, 1.82) is 0 Å². The third kappa shape index (κ3) is 2.98. The highest BCUT2D eigenvalue weighted by Gasteiger charge is 2.44. The van der Waals surface area contributed by atoms with Crippen molar-refractivity contribution in [1.82, 2.24) is 19.5 Å². The van der Waals surface area contributed by atoms with Gasteiger partial charge in [-0.05, 0) is 38.3 Å². The van der Waals surface area contributed by atoms with E-state index in [1.165, 1.54) is 0 Å². The molecule has 1 N–H and O–H groups in total. The van der Waals surface area contributed by atoms with E-state index in [9.17, 15) is 5.11 Å². The van der Waals surface area contributed by atoms with Gasteiger partial charge in [-0.1, -0.05) is 6.07 Å². The molecule has 1 unspecified atom stereocenters. The number of aromatic nitrogens is 3. The van der Waals surface area contributed by atoms with Crippen molar-refractivity contribution in [3.63, 3.8) is 0 Å². The van der Waals surface area contributed by atoms with E-state index in [-0.39, 0.29) is 5.60 Å². The summed E-state index contributed by atoms with van der Waals surface area (Å²) in [6.45, 7) is 5.45. The van der Waals surface area contributed by atoms with Crippen molar-refractivity contribution in [2.75, 3.05) is 19.7 Å². The molecule has 4 rings (SSSR count). The van der Waals surface area contributed by atoms with Gasteiger partial charge in [0.25, 0.3) is 0 Å². The van der Waals surface area contributed by atoms with E-state index in [1.807, 2.05) is 23.6 Å². The van der Waals surface area contributed by atoms with Gasteiger partial charge in [0.05, 0.1) is 23.5 Å². The van der Waals surface area contributed by atoms with Crippen LogP contribution in [0.15, 0.2) is 24.5 Å². The Morgan fingerprint density at radius 3 is 2.87 bits per heavy atom. The van der Waals surface area contributed by atoms with Crippen molar-refractivity contribution in [3.05, 3.63) is 30.2 Å². The molecule has 2 aliphatic heterocycles. The van der Waals surface area contributed by atoms with Gasteiger partial charge >= 0.3 is 0 Å². The fourth-order valence-electron chi connectivity index (χ4n) is 4.01. The molecule has 1 atom stereocenters. The lowest BCUT2D eigenvalue weighted by molar-refractivity contribution is -0.173.